The molecule has 0 unspecified atom stereocenters. The van der Waals surface area contributed by atoms with Crippen LogP contribution in [0, 0.1) is 13.8 Å². The summed E-state index contributed by atoms with van der Waals surface area (Å²) in [7, 11) is -2.08. The van der Waals surface area contributed by atoms with Crippen molar-refractivity contribution in [2.75, 3.05) is 17.1 Å². The molecule has 5 nitrogen and oxygen atoms in total. The van der Waals surface area contributed by atoms with Crippen LogP contribution in [-0.2, 0) is 10.0 Å². The highest BCUT2D eigenvalue weighted by Gasteiger charge is 2.26. The predicted molar refractivity (Wildman–Crippen MR) is 78.0 cm³/mol. The maximum absolute atomic E-state index is 12.5. The zero-order chi connectivity index (χ0) is 14.2. The van der Waals surface area contributed by atoms with Crippen LogP contribution in [0.2, 0.25) is 0 Å². The minimum absolute atomic E-state index is 0.189. The van der Waals surface area contributed by atoms with Crippen LogP contribution in [0.4, 0.5) is 10.8 Å². The van der Waals surface area contributed by atoms with Gasteiger partial charge in [-0.15, -0.1) is 0 Å². The maximum Gasteiger partial charge on any atom is 0.275 e. The number of nitrogen functional groups attached to an aromatic ring is 1. The van der Waals surface area contributed by atoms with Gasteiger partial charge in [0.05, 0.1) is 11.4 Å². The summed E-state index contributed by atoms with van der Waals surface area (Å²) < 4.78 is 26.5. The SMILES string of the molecule is Cc1cccc(N(C)S(=O)(=O)c2sc(N)nc2C)c1. The van der Waals surface area contributed by atoms with E-state index in [4.69, 9.17) is 5.73 Å². The Bertz CT molecular complexity index is 708. The van der Waals surface area contributed by atoms with Gasteiger partial charge in [-0.25, -0.2) is 13.4 Å². The number of anilines is 2. The minimum atomic E-state index is -3.61. The molecule has 0 aliphatic carbocycles. The number of nitrogens with zero attached hydrogens (tertiary/aromatic N) is 2. The monoisotopic (exact) mass is 297 g/mol. The van der Waals surface area contributed by atoms with Crippen LogP contribution in [0.25, 0.3) is 0 Å². The molecule has 0 atom stereocenters. The third kappa shape index (κ3) is 2.57. The van der Waals surface area contributed by atoms with Crippen molar-refractivity contribution in [3.63, 3.8) is 0 Å². The number of hydrogen-bond acceptors (Lipinski definition) is 5. The normalized spacial score (nSPS) is 11.5. The van der Waals surface area contributed by atoms with Crippen LogP contribution in [0.3, 0.4) is 0 Å². The number of aryl methyl sites for hydroxylation is 2. The van der Waals surface area contributed by atoms with Gasteiger partial charge >= 0.3 is 0 Å². The minimum Gasteiger partial charge on any atom is -0.375 e. The summed E-state index contributed by atoms with van der Waals surface area (Å²) in [4.78, 5) is 3.96. The van der Waals surface area contributed by atoms with Gasteiger partial charge in [-0.05, 0) is 31.5 Å². The fourth-order valence-corrected chi connectivity index (χ4v) is 4.37. The van der Waals surface area contributed by atoms with E-state index >= 15 is 0 Å². The molecule has 0 radical (unpaired) electrons. The highest BCUT2D eigenvalue weighted by molar-refractivity contribution is 7.94. The van der Waals surface area contributed by atoms with Crippen LogP contribution in [0.15, 0.2) is 28.5 Å². The van der Waals surface area contributed by atoms with E-state index in [1.165, 1.54) is 11.4 Å². The molecule has 0 bridgehead atoms. The Morgan fingerprint density at radius 3 is 2.53 bits per heavy atom. The number of hydrogen-bond donors (Lipinski definition) is 1. The Morgan fingerprint density at radius 1 is 1.32 bits per heavy atom. The molecule has 102 valence electrons. The molecule has 0 aliphatic rings. The van der Waals surface area contributed by atoms with E-state index in [9.17, 15) is 8.42 Å². The molecule has 0 aliphatic heterocycles. The largest absolute Gasteiger partial charge is 0.375 e. The Morgan fingerprint density at radius 2 is 2.00 bits per heavy atom. The quantitative estimate of drug-likeness (QED) is 0.942. The third-order valence-electron chi connectivity index (χ3n) is 2.73. The van der Waals surface area contributed by atoms with E-state index in [2.05, 4.69) is 4.98 Å². The Kier molecular flexibility index (Phi) is 3.51. The molecule has 7 heteroatoms. The first-order valence-corrected chi connectivity index (χ1v) is 7.86. The van der Waals surface area contributed by atoms with Crippen molar-refractivity contribution in [3.8, 4) is 0 Å². The fraction of sp³-hybridized carbons (Fsp3) is 0.250. The average Bonchev–Trinajstić information content (AvgIpc) is 2.68. The predicted octanol–water partition coefficient (Wildman–Crippen LogP) is 2.17. The number of sulfonamides is 1. The lowest BCUT2D eigenvalue weighted by atomic mass is 10.2. The molecule has 1 aromatic carbocycles. The van der Waals surface area contributed by atoms with Crippen LogP contribution >= 0.6 is 11.3 Å². The number of rotatable bonds is 3. The molecule has 2 rings (SSSR count). The molecule has 1 aromatic heterocycles. The second-order valence-corrected chi connectivity index (χ2v) is 7.43. The Hall–Kier alpha value is -1.60. The van der Waals surface area contributed by atoms with Crippen LogP contribution < -0.4 is 10.0 Å². The standard InChI is InChI=1S/C12H15N3O2S2/c1-8-5-4-6-10(7-8)15(3)19(16,17)11-9(2)14-12(13)18-11/h4-7H,1-3H3,(H2,13,14). The third-order valence-corrected chi connectivity index (χ3v) is 6.09. The topological polar surface area (TPSA) is 76.3 Å². The van der Waals surface area contributed by atoms with E-state index < -0.39 is 10.0 Å². The summed E-state index contributed by atoms with van der Waals surface area (Å²) in [5.41, 5.74) is 7.61. The number of benzene rings is 1. The summed E-state index contributed by atoms with van der Waals surface area (Å²) in [5, 5.41) is 0.258. The van der Waals surface area contributed by atoms with Gasteiger partial charge < -0.3 is 5.73 Å². The second-order valence-electron chi connectivity index (χ2n) is 4.24. The first-order chi connectivity index (χ1) is 8.82. The Balaban J connectivity index is 2.48. The lowest BCUT2D eigenvalue weighted by Gasteiger charge is -2.19. The van der Waals surface area contributed by atoms with Gasteiger partial charge in [0.15, 0.2) is 9.34 Å². The highest BCUT2D eigenvalue weighted by atomic mass is 32.2. The van der Waals surface area contributed by atoms with Crippen molar-refractivity contribution in [1.29, 1.82) is 0 Å². The van der Waals surface area contributed by atoms with Crippen LogP contribution in [0.5, 0.6) is 0 Å². The van der Waals surface area contributed by atoms with Gasteiger partial charge in [0.25, 0.3) is 10.0 Å². The Labute approximate surface area is 116 Å². The summed E-state index contributed by atoms with van der Waals surface area (Å²) in [6.07, 6.45) is 0. The van der Waals surface area contributed by atoms with Gasteiger partial charge in [-0.3, -0.25) is 4.31 Å². The van der Waals surface area contributed by atoms with Crippen molar-refractivity contribution >= 4 is 32.2 Å². The molecule has 0 spiro atoms. The van der Waals surface area contributed by atoms with E-state index in [0.717, 1.165) is 16.9 Å². The molecular weight excluding hydrogens is 282 g/mol. The summed E-state index contributed by atoms with van der Waals surface area (Å²) in [6.45, 7) is 3.56. The van der Waals surface area contributed by atoms with Gasteiger partial charge in [0, 0.05) is 7.05 Å². The van der Waals surface area contributed by atoms with Crippen LogP contribution in [-0.4, -0.2) is 20.4 Å². The van der Waals surface area contributed by atoms with Gasteiger partial charge in [0.1, 0.15) is 0 Å². The maximum atomic E-state index is 12.5. The van der Waals surface area contributed by atoms with Gasteiger partial charge in [0.2, 0.25) is 0 Å². The average molecular weight is 297 g/mol. The summed E-state index contributed by atoms with van der Waals surface area (Å²) in [5.74, 6) is 0. The first-order valence-electron chi connectivity index (χ1n) is 5.61. The second kappa shape index (κ2) is 4.82. The zero-order valence-electron chi connectivity index (χ0n) is 10.9. The molecule has 1 heterocycles. The van der Waals surface area contributed by atoms with Crippen molar-refractivity contribution in [2.24, 2.45) is 0 Å². The molecule has 0 saturated carbocycles. The molecule has 0 saturated heterocycles. The summed E-state index contributed by atoms with van der Waals surface area (Å²) >= 11 is 0.986. The number of thiazole rings is 1. The van der Waals surface area contributed by atoms with E-state index in [1.807, 2.05) is 25.1 Å². The van der Waals surface area contributed by atoms with Gasteiger partial charge in [-0.1, -0.05) is 23.5 Å². The molecular formula is C12H15N3O2S2. The van der Waals surface area contributed by atoms with E-state index in [-0.39, 0.29) is 9.34 Å². The summed E-state index contributed by atoms with van der Waals surface area (Å²) in [6, 6.07) is 7.31. The fourth-order valence-electron chi connectivity index (χ4n) is 1.73. The molecule has 2 N–H and O–H groups in total. The zero-order valence-corrected chi connectivity index (χ0v) is 12.5. The smallest absolute Gasteiger partial charge is 0.275 e. The van der Waals surface area contributed by atoms with Crippen molar-refractivity contribution in [3.05, 3.63) is 35.5 Å². The first kappa shape index (κ1) is 13.8. The van der Waals surface area contributed by atoms with Crippen molar-refractivity contribution in [1.82, 2.24) is 4.98 Å². The number of aromatic nitrogens is 1. The molecule has 0 amide bonds. The van der Waals surface area contributed by atoms with Crippen molar-refractivity contribution in [2.45, 2.75) is 18.1 Å². The van der Waals surface area contributed by atoms with Crippen molar-refractivity contribution < 1.29 is 8.42 Å². The number of nitrogens with two attached hydrogens (primary N) is 1. The molecule has 19 heavy (non-hydrogen) atoms. The van der Waals surface area contributed by atoms with E-state index in [1.54, 1.807) is 13.0 Å². The lowest BCUT2D eigenvalue weighted by Crippen LogP contribution is -2.26. The van der Waals surface area contributed by atoms with Gasteiger partial charge in [-0.2, -0.15) is 0 Å². The lowest BCUT2D eigenvalue weighted by molar-refractivity contribution is 0.595. The molecule has 2 aromatic rings. The van der Waals surface area contributed by atoms with E-state index in [0.29, 0.717) is 11.4 Å². The molecule has 0 fully saturated rings. The highest BCUT2D eigenvalue weighted by Crippen LogP contribution is 2.30. The van der Waals surface area contributed by atoms with Crippen LogP contribution in [0.1, 0.15) is 11.3 Å².